The molecule has 0 spiro atoms. The van der Waals surface area contributed by atoms with E-state index in [0.717, 1.165) is 0 Å². The van der Waals surface area contributed by atoms with Gasteiger partial charge in [0.1, 0.15) is 5.75 Å². The summed E-state index contributed by atoms with van der Waals surface area (Å²) >= 11 is 11.1. The Morgan fingerprint density at radius 3 is 2.86 bits per heavy atom. The monoisotopic (exact) mass is 232 g/mol. The maximum atomic E-state index is 11.1. The average molecular weight is 233 g/mol. The number of alkyl halides is 1. The Balaban J connectivity index is 2.64. The highest BCUT2D eigenvalue weighted by molar-refractivity contribution is 6.30. The van der Waals surface area contributed by atoms with Gasteiger partial charge in [0, 0.05) is 5.02 Å². The Kier molecular flexibility index (Phi) is 4.23. The molecule has 1 aromatic carbocycles. The molecule has 0 aromatic heterocycles. The first-order valence-corrected chi connectivity index (χ1v) is 5.05. The van der Waals surface area contributed by atoms with Crippen molar-refractivity contribution in [2.24, 2.45) is 0 Å². The van der Waals surface area contributed by atoms with Crippen LogP contribution in [-0.4, -0.2) is 17.8 Å². The number of carbonyl (C=O) groups is 1. The zero-order chi connectivity index (χ0) is 10.6. The lowest BCUT2D eigenvalue weighted by molar-refractivity contribution is -0.122. The number of Topliss-reactive ketones (excluding diaryl/α,β-unsaturated/α-hetero) is 1. The van der Waals surface area contributed by atoms with E-state index < -0.39 is 6.10 Å². The third kappa shape index (κ3) is 3.20. The molecule has 1 unspecified atom stereocenters. The van der Waals surface area contributed by atoms with Crippen LogP contribution < -0.4 is 4.74 Å². The number of hydrogen-bond acceptors (Lipinski definition) is 2. The van der Waals surface area contributed by atoms with Gasteiger partial charge in [0.25, 0.3) is 0 Å². The fourth-order valence-corrected chi connectivity index (χ4v) is 1.32. The molecule has 0 heterocycles. The summed E-state index contributed by atoms with van der Waals surface area (Å²) in [5, 5.41) is 0.577. The van der Waals surface area contributed by atoms with Crippen LogP contribution >= 0.6 is 23.2 Å². The predicted octanol–water partition coefficient (Wildman–Crippen LogP) is 2.92. The average Bonchev–Trinajstić information content (AvgIpc) is 2.16. The molecule has 0 fully saturated rings. The van der Waals surface area contributed by atoms with E-state index in [1.54, 1.807) is 31.2 Å². The van der Waals surface area contributed by atoms with E-state index in [2.05, 4.69) is 0 Å². The maximum Gasteiger partial charge on any atom is 0.187 e. The van der Waals surface area contributed by atoms with Crippen LogP contribution in [0.4, 0.5) is 0 Å². The Hall–Kier alpha value is -0.730. The van der Waals surface area contributed by atoms with Crippen molar-refractivity contribution >= 4 is 29.0 Å². The van der Waals surface area contributed by atoms with Crippen LogP contribution in [0.25, 0.3) is 0 Å². The molecule has 0 saturated carbocycles. The zero-order valence-corrected chi connectivity index (χ0v) is 9.18. The van der Waals surface area contributed by atoms with Crippen molar-refractivity contribution in [1.82, 2.24) is 0 Å². The Morgan fingerprint density at radius 1 is 1.57 bits per heavy atom. The van der Waals surface area contributed by atoms with Crippen molar-refractivity contribution in [2.45, 2.75) is 13.0 Å². The van der Waals surface area contributed by atoms with Crippen LogP contribution in [0.2, 0.25) is 5.02 Å². The minimum atomic E-state index is -0.536. The molecule has 0 radical (unpaired) electrons. The molecule has 0 aliphatic heterocycles. The van der Waals surface area contributed by atoms with Gasteiger partial charge in [-0.25, -0.2) is 0 Å². The van der Waals surface area contributed by atoms with Gasteiger partial charge in [-0.05, 0) is 25.1 Å². The highest BCUT2D eigenvalue weighted by Gasteiger charge is 2.12. The van der Waals surface area contributed by atoms with Crippen LogP contribution in [0.1, 0.15) is 6.92 Å². The Labute approximate surface area is 92.8 Å². The van der Waals surface area contributed by atoms with Crippen LogP contribution in [0, 0.1) is 0 Å². The first-order chi connectivity index (χ1) is 6.63. The molecule has 1 atom stereocenters. The quantitative estimate of drug-likeness (QED) is 0.747. The second-order valence-corrected chi connectivity index (χ2v) is 3.52. The molecule has 0 bridgehead atoms. The van der Waals surface area contributed by atoms with Crippen LogP contribution in [0.15, 0.2) is 24.3 Å². The highest BCUT2D eigenvalue weighted by Crippen LogP contribution is 2.18. The Bertz CT molecular complexity index is 326. The normalized spacial score (nSPS) is 12.2. The van der Waals surface area contributed by atoms with Gasteiger partial charge in [-0.3, -0.25) is 4.79 Å². The number of benzene rings is 1. The van der Waals surface area contributed by atoms with Gasteiger partial charge in [0.15, 0.2) is 11.9 Å². The number of ether oxygens (including phenoxy) is 1. The topological polar surface area (TPSA) is 26.3 Å². The van der Waals surface area contributed by atoms with E-state index in [0.29, 0.717) is 10.8 Å². The minimum Gasteiger partial charge on any atom is -0.483 e. The van der Waals surface area contributed by atoms with E-state index in [-0.39, 0.29) is 11.7 Å². The van der Waals surface area contributed by atoms with E-state index >= 15 is 0 Å². The summed E-state index contributed by atoms with van der Waals surface area (Å²) in [6.07, 6.45) is -0.536. The summed E-state index contributed by atoms with van der Waals surface area (Å²) in [5.41, 5.74) is 0. The van der Waals surface area contributed by atoms with Gasteiger partial charge < -0.3 is 4.74 Å². The standard InChI is InChI=1S/C10H10Cl2O2/c1-7(10(13)6-11)14-9-4-2-3-8(12)5-9/h2-5,7H,6H2,1H3. The lowest BCUT2D eigenvalue weighted by Crippen LogP contribution is -2.24. The van der Waals surface area contributed by atoms with Crippen LogP contribution in [0.5, 0.6) is 5.75 Å². The number of halogens is 2. The third-order valence-corrected chi connectivity index (χ3v) is 2.19. The van der Waals surface area contributed by atoms with Gasteiger partial charge in [0.05, 0.1) is 5.88 Å². The van der Waals surface area contributed by atoms with E-state index in [1.165, 1.54) is 0 Å². The first-order valence-electron chi connectivity index (χ1n) is 4.14. The smallest absolute Gasteiger partial charge is 0.187 e. The van der Waals surface area contributed by atoms with Gasteiger partial charge >= 0.3 is 0 Å². The molecule has 4 heteroatoms. The lowest BCUT2D eigenvalue weighted by atomic mass is 10.3. The van der Waals surface area contributed by atoms with Crippen molar-refractivity contribution in [3.05, 3.63) is 29.3 Å². The molecule has 0 saturated heterocycles. The summed E-state index contributed by atoms with van der Waals surface area (Å²) in [7, 11) is 0. The summed E-state index contributed by atoms with van der Waals surface area (Å²) in [6, 6.07) is 6.89. The van der Waals surface area contributed by atoms with Gasteiger partial charge in [-0.1, -0.05) is 17.7 Å². The van der Waals surface area contributed by atoms with Gasteiger partial charge in [-0.2, -0.15) is 0 Å². The molecule has 1 rings (SSSR count). The van der Waals surface area contributed by atoms with E-state index in [9.17, 15) is 4.79 Å². The fraction of sp³-hybridized carbons (Fsp3) is 0.300. The molecular weight excluding hydrogens is 223 g/mol. The van der Waals surface area contributed by atoms with Crippen molar-refractivity contribution < 1.29 is 9.53 Å². The SMILES string of the molecule is CC(Oc1cccc(Cl)c1)C(=O)CCl. The van der Waals surface area contributed by atoms with Crippen LogP contribution in [0.3, 0.4) is 0 Å². The number of ketones is 1. The molecule has 0 N–H and O–H groups in total. The lowest BCUT2D eigenvalue weighted by Gasteiger charge is -2.12. The molecule has 0 amide bonds. The summed E-state index contributed by atoms with van der Waals surface area (Å²) in [5.74, 6) is 0.386. The zero-order valence-electron chi connectivity index (χ0n) is 7.67. The number of carbonyl (C=O) groups excluding carboxylic acids is 1. The summed E-state index contributed by atoms with van der Waals surface area (Å²) in [4.78, 5) is 11.1. The Morgan fingerprint density at radius 2 is 2.29 bits per heavy atom. The molecule has 2 nitrogen and oxygen atoms in total. The van der Waals surface area contributed by atoms with E-state index in [1.807, 2.05) is 0 Å². The second kappa shape index (κ2) is 5.23. The third-order valence-electron chi connectivity index (χ3n) is 1.69. The van der Waals surface area contributed by atoms with Crippen LogP contribution in [-0.2, 0) is 4.79 Å². The molecule has 76 valence electrons. The predicted molar refractivity (Wildman–Crippen MR) is 57.3 cm³/mol. The first kappa shape index (κ1) is 11.3. The molecular formula is C10H10Cl2O2. The number of rotatable bonds is 4. The van der Waals surface area contributed by atoms with Gasteiger partial charge in [0.2, 0.25) is 0 Å². The summed E-state index contributed by atoms with van der Waals surface area (Å²) in [6.45, 7) is 1.66. The molecule has 1 aromatic rings. The van der Waals surface area contributed by atoms with E-state index in [4.69, 9.17) is 27.9 Å². The number of hydrogen-bond donors (Lipinski definition) is 0. The van der Waals surface area contributed by atoms with Crippen molar-refractivity contribution in [3.8, 4) is 5.75 Å². The van der Waals surface area contributed by atoms with Gasteiger partial charge in [-0.15, -0.1) is 11.6 Å². The van der Waals surface area contributed by atoms with Crippen molar-refractivity contribution in [3.63, 3.8) is 0 Å². The fourth-order valence-electron chi connectivity index (χ4n) is 0.919. The minimum absolute atomic E-state index is 0.0399. The van der Waals surface area contributed by atoms with Crippen molar-refractivity contribution in [2.75, 3.05) is 5.88 Å². The highest BCUT2D eigenvalue weighted by atomic mass is 35.5. The largest absolute Gasteiger partial charge is 0.483 e. The second-order valence-electron chi connectivity index (χ2n) is 2.82. The maximum absolute atomic E-state index is 11.1. The molecule has 0 aliphatic rings. The molecule has 0 aliphatic carbocycles. The summed E-state index contributed by atoms with van der Waals surface area (Å²) < 4.78 is 5.33. The van der Waals surface area contributed by atoms with Crippen molar-refractivity contribution in [1.29, 1.82) is 0 Å². The molecule has 14 heavy (non-hydrogen) atoms.